The second kappa shape index (κ2) is 9.51. The maximum absolute atomic E-state index is 13.1. The van der Waals surface area contributed by atoms with Gasteiger partial charge in [-0.2, -0.15) is 10.2 Å². The molecule has 3 aromatic rings. The third-order valence-electron chi connectivity index (χ3n) is 5.31. The summed E-state index contributed by atoms with van der Waals surface area (Å²) in [6.45, 7) is 5.46. The number of piperidine rings is 1. The number of H-pyrrole nitrogens is 1. The molecule has 3 heterocycles. The van der Waals surface area contributed by atoms with Gasteiger partial charge in [-0.15, -0.1) is 0 Å². The van der Waals surface area contributed by atoms with Crippen LogP contribution in [0.4, 0.5) is 4.39 Å². The van der Waals surface area contributed by atoms with E-state index in [0.717, 1.165) is 62.1 Å². The van der Waals surface area contributed by atoms with E-state index < -0.39 is 0 Å². The Bertz CT molecular complexity index is 940. The van der Waals surface area contributed by atoms with E-state index in [9.17, 15) is 4.39 Å². The average Bonchev–Trinajstić information content (AvgIpc) is 3.46. The van der Waals surface area contributed by atoms with Crippen molar-refractivity contribution in [3.63, 3.8) is 0 Å². The minimum absolute atomic E-state index is 0.249. The number of aromatic amines is 1. The Morgan fingerprint density at radius 1 is 1.23 bits per heavy atom. The molecule has 0 saturated carbocycles. The standard InChI is InChI=1S/C21H27FN8/c1-2-23-21(29-12-8-16(9-13-29)20-25-15-26-27-20)24-11-7-18-10-14-30(28-18)19-5-3-17(22)4-6-19/h3-6,10,14-16H,2,7-9,11-13H2,1H3,(H,23,24)(H,25,26,27). The van der Waals surface area contributed by atoms with E-state index >= 15 is 0 Å². The highest BCUT2D eigenvalue weighted by Crippen LogP contribution is 2.24. The van der Waals surface area contributed by atoms with E-state index in [-0.39, 0.29) is 5.82 Å². The van der Waals surface area contributed by atoms with Crippen LogP contribution in [0, 0.1) is 5.82 Å². The highest BCUT2D eigenvalue weighted by molar-refractivity contribution is 5.80. The summed E-state index contributed by atoms with van der Waals surface area (Å²) < 4.78 is 14.9. The first kappa shape index (κ1) is 20.1. The van der Waals surface area contributed by atoms with Crippen molar-refractivity contribution >= 4 is 5.96 Å². The molecule has 0 amide bonds. The summed E-state index contributed by atoms with van der Waals surface area (Å²) in [5.74, 6) is 2.11. The van der Waals surface area contributed by atoms with Gasteiger partial charge in [-0.25, -0.2) is 14.1 Å². The smallest absolute Gasteiger partial charge is 0.193 e. The van der Waals surface area contributed by atoms with Crippen LogP contribution in [0.15, 0.2) is 47.8 Å². The fraction of sp³-hybridized carbons (Fsp3) is 0.429. The van der Waals surface area contributed by atoms with Crippen LogP contribution in [0.25, 0.3) is 5.69 Å². The Kier molecular flexibility index (Phi) is 6.36. The fourth-order valence-corrected chi connectivity index (χ4v) is 3.71. The van der Waals surface area contributed by atoms with E-state index in [1.807, 2.05) is 12.3 Å². The Balaban J connectivity index is 1.33. The van der Waals surface area contributed by atoms with Crippen LogP contribution in [0.2, 0.25) is 0 Å². The number of hydrogen-bond acceptors (Lipinski definition) is 4. The van der Waals surface area contributed by atoms with Gasteiger partial charge in [-0.3, -0.25) is 10.1 Å². The van der Waals surface area contributed by atoms with E-state index in [1.165, 1.54) is 12.1 Å². The van der Waals surface area contributed by atoms with Gasteiger partial charge in [-0.05, 0) is 50.1 Å². The first-order valence-corrected chi connectivity index (χ1v) is 10.4. The third kappa shape index (κ3) is 4.84. The van der Waals surface area contributed by atoms with Gasteiger partial charge in [0.05, 0.1) is 11.4 Å². The zero-order valence-electron chi connectivity index (χ0n) is 17.1. The van der Waals surface area contributed by atoms with E-state index in [0.29, 0.717) is 12.5 Å². The summed E-state index contributed by atoms with van der Waals surface area (Å²) in [5, 5.41) is 14.9. The van der Waals surface area contributed by atoms with Crippen LogP contribution in [-0.4, -0.2) is 62.0 Å². The van der Waals surface area contributed by atoms with E-state index in [2.05, 4.69) is 37.4 Å². The Labute approximate surface area is 175 Å². The topological polar surface area (TPSA) is 87.0 Å². The van der Waals surface area contributed by atoms with Crippen molar-refractivity contribution < 1.29 is 4.39 Å². The molecule has 4 rings (SSSR count). The average molecular weight is 411 g/mol. The molecule has 0 bridgehead atoms. The molecule has 0 spiro atoms. The van der Waals surface area contributed by atoms with Gasteiger partial charge >= 0.3 is 0 Å². The number of halogens is 1. The molecule has 8 nitrogen and oxygen atoms in total. The van der Waals surface area contributed by atoms with Gasteiger partial charge in [0.25, 0.3) is 0 Å². The summed E-state index contributed by atoms with van der Waals surface area (Å²) in [4.78, 5) is 11.4. The largest absolute Gasteiger partial charge is 0.357 e. The third-order valence-corrected chi connectivity index (χ3v) is 5.31. The summed E-state index contributed by atoms with van der Waals surface area (Å²) in [7, 11) is 0. The predicted molar refractivity (Wildman–Crippen MR) is 113 cm³/mol. The van der Waals surface area contributed by atoms with Gasteiger partial charge in [0.2, 0.25) is 0 Å². The van der Waals surface area contributed by atoms with Crippen molar-refractivity contribution in [2.45, 2.75) is 32.1 Å². The summed E-state index contributed by atoms with van der Waals surface area (Å²) in [6.07, 6.45) is 6.28. The van der Waals surface area contributed by atoms with E-state index in [4.69, 9.17) is 4.99 Å². The van der Waals surface area contributed by atoms with Crippen LogP contribution >= 0.6 is 0 Å². The van der Waals surface area contributed by atoms with Gasteiger partial charge in [0, 0.05) is 44.7 Å². The van der Waals surface area contributed by atoms with E-state index in [1.54, 1.807) is 23.1 Å². The molecule has 158 valence electrons. The number of hydrogen-bond donors (Lipinski definition) is 2. The second-order valence-corrected chi connectivity index (χ2v) is 7.35. The molecule has 2 aromatic heterocycles. The number of rotatable bonds is 6. The molecule has 0 aliphatic carbocycles. The van der Waals surface area contributed by atoms with Crippen molar-refractivity contribution in [2.75, 3.05) is 26.2 Å². The normalized spacial score (nSPS) is 15.5. The molecule has 0 atom stereocenters. The Hall–Kier alpha value is -3.23. The number of nitrogens with one attached hydrogen (secondary N) is 2. The number of aromatic nitrogens is 5. The van der Waals surface area contributed by atoms with Gasteiger partial charge < -0.3 is 10.2 Å². The Morgan fingerprint density at radius 3 is 2.73 bits per heavy atom. The Morgan fingerprint density at radius 2 is 2.03 bits per heavy atom. The van der Waals surface area contributed by atoms with Crippen LogP contribution < -0.4 is 5.32 Å². The maximum Gasteiger partial charge on any atom is 0.193 e. The minimum atomic E-state index is -0.249. The molecule has 30 heavy (non-hydrogen) atoms. The first-order chi connectivity index (χ1) is 14.7. The lowest BCUT2D eigenvalue weighted by atomic mass is 9.96. The van der Waals surface area contributed by atoms with Crippen molar-refractivity contribution in [1.29, 1.82) is 0 Å². The van der Waals surface area contributed by atoms with Crippen LogP contribution in [0.5, 0.6) is 0 Å². The molecule has 1 aliphatic rings. The van der Waals surface area contributed by atoms with Gasteiger partial charge in [-0.1, -0.05) is 0 Å². The van der Waals surface area contributed by atoms with Crippen LogP contribution in [0.1, 0.15) is 37.2 Å². The lowest BCUT2D eigenvalue weighted by Gasteiger charge is -2.33. The highest BCUT2D eigenvalue weighted by Gasteiger charge is 2.24. The number of aliphatic imine (C=N–C) groups is 1. The van der Waals surface area contributed by atoms with Gasteiger partial charge in [0.1, 0.15) is 18.0 Å². The molecule has 9 heteroatoms. The number of likely N-dealkylation sites (tertiary alicyclic amines) is 1. The molecule has 1 aliphatic heterocycles. The van der Waals surface area contributed by atoms with Gasteiger partial charge in [0.15, 0.2) is 5.96 Å². The monoisotopic (exact) mass is 410 g/mol. The van der Waals surface area contributed by atoms with Crippen molar-refractivity contribution in [3.8, 4) is 5.69 Å². The molecular weight excluding hydrogens is 383 g/mol. The molecule has 2 N–H and O–H groups in total. The minimum Gasteiger partial charge on any atom is -0.357 e. The molecule has 1 aromatic carbocycles. The molecule has 0 unspecified atom stereocenters. The van der Waals surface area contributed by atoms with Crippen LogP contribution in [-0.2, 0) is 6.42 Å². The highest BCUT2D eigenvalue weighted by atomic mass is 19.1. The lowest BCUT2D eigenvalue weighted by Crippen LogP contribution is -2.45. The molecule has 1 saturated heterocycles. The first-order valence-electron chi connectivity index (χ1n) is 10.4. The second-order valence-electron chi connectivity index (χ2n) is 7.35. The zero-order chi connectivity index (χ0) is 20.8. The van der Waals surface area contributed by atoms with Crippen molar-refractivity contribution in [1.82, 2.24) is 35.2 Å². The molecular formula is C21H27FN8. The SMILES string of the molecule is CCNC(=NCCc1ccn(-c2ccc(F)cc2)n1)N1CCC(c2ncn[nH]2)CC1. The predicted octanol–water partition coefficient (Wildman–Crippen LogP) is 2.52. The zero-order valence-corrected chi connectivity index (χ0v) is 17.1. The fourth-order valence-electron chi connectivity index (χ4n) is 3.71. The van der Waals surface area contributed by atoms with Crippen LogP contribution in [0.3, 0.4) is 0 Å². The molecule has 1 fully saturated rings. The lowest BCUT2D eigenvalue weighted by molar-refractivity contribution is 0.299. The quantitative estimate of drug-likeness (QED) is 0.482. The number of guanidine groups is 1. The van der Waals surface area contributed by atoms with Crippen molar-refractivity contribution in [3.05, 3.63) is 60.2 Å². The summed E-state index contributed by atoms with van der Waals surface area (Å²) in [6, 6.07) is 8.30. The summed E-state index contributed by atoms with van der Waals surface area (Å²) >= 11 is 0. The number of nitrogens with zero attached hydrogens (tertiary/aromatic N) is 6. The maximum atomic E-state index is 13.1. The number of benzene rings is 1. The summed E-state index contributed by atoms with van der Waals surface area (Å²) in [5.41, 5.74) is 1.80. The molecule has 0 radical (unpaired) electrons. The van der Waals surface area contributed by atoms with Crippen molar-refractivity contribution in [2.24, 2.45) is 4.99 Å².